The van der Waals surface area contributed by atoms with Crippen LogP contribution in [0.25, 0.3) is 77.2 Å². The number of hydrogen-bond acceptors (Lipinski definition) is 2. The van der Waals surface area contributed by atoms with Gasteiger partial charge >= 0.3 is 0 Å². The summed E-state index contributed by atoms with van der Waals surface area (Å²) in [6, 6.07) is 75.7. The van der Waals surface area contributed by atoms with Crippen LogP contribution in [-0.2, 0) is 0 Å². The van der Waals surface area contributed by atoms with Gasteiger partial charge in [0.2, 0.25) is 0 Å². The van der Waals surface area contributed by atoms with Crippen molar-refractivity contribution >= 4 is 49.8 Å². The number of benzene rings is 9. The van der Waals surface area contributed by atoms with E-state index in [4.69, 9.17) is 4.42 Å². The van der Waals surface area contributed by atoms with Gasteiger partial charge in [-0.3, -0.25) is 0 Å². The van der Waals surface area contributed by atoms with Crippen LogP contribution in [0, 0.1) is 0 Å². The second-order valence-corrected chi connectivity index (χ2v) is 13.7. The van der Waals surface area contributed by atoms with E-state index < -0.39 is 0 Å². The zero-order chi connectivity index (χ0) is 35.8. The highest BCUT2D eigenvalue weighted by molar-refractivity contribution is 6.19. The van der Waals surface area contributed by atoms with Crippen LogP contribution < -0.4 is 4.90 Å². The minimum atomic E-state index is 0.844. The summed E-state index contributed by atoms with van der Waals surface area (Å²) < 4.78 is 7.19. The van der Waals surface area contributed by atoms with Crippen molar-refractivity contribution in [3.05, 3.63) is 212 Å². The van der Waals surface area contributed by atoms with E-state index in [1.807, 2.05) is 0 Å². The van der Waals surface area contributed by atoms with Crippen molar-refractivity contribution < 1.29 is 4.42 Å². The molecule has 0 bridgehead atoms. The summed E-state index contributed by atoms with van der Waals surface area (Å²) in [5, 5.41) is 4.67. The van der Waals surface area contributed by atoms with Gasteiger partial charge in [0, 0.05) is 27.6 Å². The Bertz CT molecular complexity index is 2910. The highest BCUT2D eigenvalue weighted by Gasteiger charge is 2.25. The van der Waals surface area contributed by atoms with Crippen molar-refractivity contribution in [2.45, 2.75) is 0 Å². The molecule has 0 saturated heterocycles. The van der Waals surface area contributed by atoms with Gasteiger partial charge in [-0.05, 0) is 74.5 Å². The molecule has 0 spiro atoms. The number of nitrogens with zero attached hydrogens (tertiary/aromatic N) is 1. The van der Waals surface area contributed by atoms with Crippen molar-refractivity contribution in [2.75, 3.05) is 4.90 Å². The van der Waals surface area contributed by atoms with Gasteiger partial charge in [0.25, 0.3) is 0 Å². The molecule has 2 nitrogen and oxygen atoms in total. The number of furan rings is 1. The third-order valence-corrected chi connectivity index (χ3v) is 10.5. The van der Waals surface area contributed by atoms with Gasteiger partial charge in [-0.15, -0.1) is 0 Å². The Morgan fingerprint density at radius 1 is 0.315 bits per heavy atom. The third-order valence-electron chi connectivity index (χ3n) is 10.5. The van der Waals surface area contributed by atoms with Gasteiger partial charge in [-0.1, -0.05) is 182 Å². The van der Waals surface area contributed by atoms with E-state index in [1.165, 1.54) is 21.9 Å². The maximum absolute atomic E-state index is 7.19. The lowest BCUT2D eigenvalue weighted by Gasteiger charge is -2.28. The normalized spacial score (nSPS) is 11.3. The topological polar surface area (TPSA) is 16.4 Å². The number of hydrogen-bond donors (Lipinski definition) is 0. The molecule has 10 rings (SSSR count). The maximum Gasteiger partial charge on any atom is 0.160 e. The number of fused-ring (bicyclic) bond motifs is 4. The van der Waals surface area contributed by atoms with Crippen molar-refractivity contribution in [3.8, 4) is 44.5 Å². The smallest absolute Gasteiger partial charge is 0.160 e. The quantitative estimate of drug-likeness (QED) is 0.166. The van der Waals surface area contributed by atoms with Crippen LogP contribution in [0.15, 0.2) is 217 Å². The summed E-state index contributed by atoms with van der Waals surface area (Å²) >= 11 is 0. The van der Waals surface area contributed by atoms with Crippen LogP contribution in [0.5, 0.6) is 0 Å². The summed E-state index contributed by atoms with van der Waals surface area (Å²) in [7, 11) is 0. The Morgan fingerprint density at radius 2 is 0.889 bits per heavy atom. The summed E-state index contributed by atoms with van der Waals surface area (Å²) in [6.07, 6.45) is 0. The largest absolute Gasteiger partial charge is 0.453 e. The second-order valence-electron chi connectivity index (χ2n) is 13.7. The lowest BCUT2D eigenvalue weighted by molar-refractivity contribution is 0.670. The molecule has 0 N–H and O–H groups in total. The number of rotatable bonds is 7. The molecule has 54 heavy (non-hydrogen) atoms. The van der Waals surface area contributed by atoms with Crippen molar-refractivity contribution in [1.29, 1.82) is 0 Å². The molecule has 0 aliphatic carbocycles. The molecule has 0 fully saturated rings. The van der Waals surface area contributed by atoms with E-state index >= 15 is 0 Å². The number of para-hydroxylation sites is 2. The molecule has 1 aromatic heterocycles. The molecule has 1 heterocycles. The van der Waals surface area contributed by atoms with Gasteiger partial charge in [0.15, 0.2) is 5.58 Å². The van der Waals surface area contributed by atoms with Gasteiger partial charge in [0.1, 0.15) is 5.58 Å². The molecule has 2 heteroatoms. The Labute approximate surface area is 314 Å². The lowest BCUT2D eigenvalue weighted by atomic mass is 9.96. The van der Waals surface area contributed by atoms with E-state index in [0.29, 0.717) is 0 Å². The zero-order valence-electron chi connectivity index (χ0n) is 29.6. The Kier molecular flexibility index (Phi) is 7.85. The predicted molar refractivity (Wildman–Crippen MR) is 228 cm³/mol. The standard InChI is InChI=1S/C52H35NO/c1-4-16-38(17-5-1)44-23-12-13-26-48(44)53(43-31-29-37(30-32-43)42-28-27-36-15-10-11-22-41(36)35-42)49-34-33-45(39-18-6-2-7-19-39)50-47-25-14-24-46(51(47)54-52(49)50)40-20-8-3-9-21-40/h1-35H. The van der Waals surface area contributed by atoms with Crippen molar-refractivity contribution in [2.24, 2.45) is 0 Å². The first-order valence-electron chi connectivity index (χ1n) is 18.4. The summed E-state index contributed by atoms with van der Waals surface area (Å²) in [5.41, 5.74) is 13.9. The van der Waals surface area contributed by atoms with E-state index in [0.717, 1.165) is 72.4 Å². The van der Waals surface area contributed by atoms with Gasteiger partial charge in [-0.2, -0.15) is 0 Å². The Morgan fingerprint density at radius 3 is 1.61 bits per heavy atom. The van der Waals surface area contributed by atoms with Crippen LogP contribution in [-0.4, -0.2) is 0 Å². The van der Waals surface area contributed by atoms with Crippen LogP contribution >= 0.6 is 0 Å². The van der Waals surface area contributed by atoms with Gasteiger partial charge in [-0.25, -0.2) is 0 Å². The Balaban J connectivity index is 1.23. The molecule has 0 radical (unpaired) electrons. The van der Waals surface area contributed by atoms with Crippen molar-refractivity contribution in [1.82, 2.24) is 0 Å². The first-order valence-corrected chi connectivity index (χ1v) is 18.4. The molecule has 10 aromatic rings. The molecule has 0 atom stereocenters. The Hall–Kier alpha value is -7.16. The lowest BCUT2D eigenvalue weighted by Crippen LogP contribution is -2.11. The van der Waals surface area contributed by atoms with Gasteiger partial charge in [0.05, 0.1) is 11.4 Å². The fourth-order valence-electron chi connectivity index (χ4n) is 7.88. The zero-order valence-corrected chi connectivity index (χ0v) is 29.6. The second kappa shape index (κ2) is 13.4. The van der Waals surface area contributed by atoms with Crippen LogP contribution in [0.2, 0.25) is 0 Å². The fraction of sp³-hybridized carbons (Fsp3) is 0. The minimum absolute atomic E-state index is 0.844. The molecule has 0 saturated carbocycles. The molecule has 254 valence electrons. The van der Waals surface area contributed by atoms with E-state index in [2.05, 4.69) is 217 Å². The highest BCUT2D eigenvalue weighted by atomic mass is 16.3. The van der Waals surface area contributed by atoms with Gasteiger partial charge < -0.3 is 9.32 Å². The van der Waals surface area contributed by atoms with E-state index in [-0.39, 0.29) is 0 Å². The molecular formula is C52H35NO. The SMILES string of the molecule is c1ccc(-c2ccccc2N(c2ccc(-c3ccc4ccccc4c3)cc2)c2ccc(-c3ccccc3)c3c2oc2c(-c4ccccc4)cccc23)cc1. The molecule has 0 aliphatic rings. The maximum atomic E-state index is 7.19. The first kappa shape index (κ1) is 31.6. The van der Waals surface area contributed by atoms with Crippen LogP contribution in [0.3, 0.4) is 0 Å². The molecule has 0 aliphatic heterocycles. The fourth-order valence-corrected chi connectivity index (χ4v) is 7.88. The van der Waals surface area contributed by atoms with E-state index in [1.54, 1.807) is 0 Å². The minimum Gasteiger partial charge on any atom is -0.453 e. The monoisotopic (exact) mass is 689 g/mol. The molecule has 9 aromatic carbocycles. The van der Waals surface area contributed by atoms with E-state index in [9.17, 15) is 0 Å². The molecule has 0 amide bonds. The van der Waals surface area contributed by atoms with Crippen LogP contribution in [0.4, 0.5) is 17.1 Å². The average Bonchev–Trinajstić information content (AvgIpc) is 3.65. The number of anilines is 3. The predicted octanol–water partition coefficient (Wildman–Crippen LogP) is 14.9. The van der Waals surface area contributed by atoms with Crippen molar-refractivity contribution in [3.63, 3.8) is 0 Å². The van der Waals surface area contributed by atoms with Crippen LogP contribution in [0.1, 0.15) is 0 Å². The third kappa shape index (κ3) is 5.53. The molecule has 0 unspecified atom stereocenters. The first-order chi connectivity index (χ1) is 26.8. The average molecular weight is 690 g/mol. The summed E-state index contributed by atoms with van der Waals surface area (Å²) in [4.78, 5) is 2.37. The summed E-state index contributed by atoms with van der Waals surface area (Å²) in [5.74, 6) is 0. The summed E-state index contributed by atoms with van der Waals surface area (Å²) in [6.45, 7) is 0. The molecular weight excluding hydrogens is 655 g/mol. The highest BCUT2D eigenvalue weighted by Crippen LogP contribution is 2.49.